The molecule has 664 valence electrons. The number of fused-ring (bicyclic) bond motifs is 9. The summed E-state index contributed by atoms with van der Waals surface area (Å²) in [6, 6.07) is 11.3. The number of likely N-dealkylation sites (N-methyl/N-ethyl adjacent to an activating group) is 1. The molecule has 9 aliphatic rings. The van der Waals surface area contributed by atoms with Crippen molar-refractivity contribution in [3.05, 3.63) is 155 Å². The van der Waals surface area contributed by atoms with Crippen molar-refractivity contribution in [2.45, 2.75) is 215 Å². The molecule has 3 fully saturated rings. The van der Waals surface area contributed by atoms with Gasteiger partial charge in [0.2, 0.25) is 17.3 Å². The van der Waals surface area contributed by atoms with E-state index in [-0.39, 0.29) is 110 Å². The average Bonchev–Trinajstić information content (AvgIpc) is 0.718. The highest BCUT2D eigenvalue weighted by molar-refractivity contribution is 6.33. The molecular weight excluding hydrogens is 1610 g/mol. The molecule has 3 aliphatic heterocycles. The normalized spacial score (nSPS) is 28.7. The van der Waals surface area contributed by atoms with Crippen molar-refractivity contribution in [2.24, 2.45) is 11.5 Å². The van der Waals surface area contributed by atoms with E-state index in [0.29, 0.717) is 0 Å². The second kappa shape index (κ2) is 36.9. The third-order valence-electron chi connectivity index (χ3n) is 23.9. The predicted molar refractivity (Wildman–Crippen MR) is 428 cm³/mol. The van der Waals surface area contributed by atoms with Crippen LogP contribution in [0.1, 0.15) is 234 Å². The van der Waals surface area contributed by atoms with Crippen molar-refractivity contribution in [1.29, 1.82) is 0 Å². The van der Waals surface area contributed by atoms with Gasteiger partial charge in [0, 0.05) is 133 Å². The molecule has 19 N–H and O–H groups in total. The Balaban J connectivity index is 0.000000176. The molecule has 0 radical (unpaired) electrons. The molecule has 18 atom stereocenters. The smallest absolute Gasteiger partial charge is 0.202 e. The number of ether oxygens (including phenoxy) is 10. The van der Waals surface area contributed by atoms with Gasteiger partial charge in [-0.05, 0) is 46.0 Å². The Kier molecular flexibility index (Phi) is 28.1. The van der Waals surface area contributed by atoms with Gasteiger partial charge in [-0.3, -0.25) is 43.2 Å². The summed E-state index contributed by atoms with van der Waals surface area (Å²) < 4.78 is 56.3. The molecule has 3 saturated heterocycles. The maximum absolute atomic E-state index is 13.7. The molecule has 36 nitrogen and oxygen atoms in total. The van der Waals surface area contributed by atoms with Gasteiger partial charge in [0.25, 0.3) is 0 Å². The standard InChI is InChI=1S/2C28H31NO11.C27H29NO11.2C2H6/c1-11-23(31)14(29)7-18(39-11)40-16-9-28(36,17(30)10-37-2)8-13-20(16)27(35)22-21(25(13)33)24(32)12-5-4-6-15(38-3)19(12)26(22)34;1-11-23(32)14(29-2)7-18(39-11)40-16-9-28(37,17(31)10-30)8-13-20(16)27(36)22-21(25(13)34)24(33)12-5-4-6-15(38-3)19(12)26(22)35;1-10-22(31)13(28)6-17(38-10)39-15-8-27(36,16(30)9-29)7-12-19(15)26(35)21-20(24(12)33)23(32)11-4-3-5-14(37-2)18(11)25(21)34;2*1-2/h4-6,11,14,16,18,23,31,33,35-36H,7-10,29H2,1-3H3;4-6,11,14,16,18,23,29-30,32,34,36-37H,7-10H2,1-3H3;3-5,10,13,15,17,22,29,31,33,35-36H,6-9,28H2,1-2H3;2*1-2H3/t2*11?,14?,16-,18?,23?,28-;10?,13?,15-,17?,22?,27-;;/m000../s1. The number of rotatable bonds is 17. The van der Waals surface area contributed by atoms with Gasteiger partial charge in [-0.2, -0.15) is 0 Å². The number of aromatic hydroxyl groups is 6. The number of nitrogens with two attached hydrogens (primary N) is 2. The third kappa shape index (κ3) is 16.4. The van der Waals surface area contributed by atoms with Crippen LogP contribution in [-0.4, -0.2) is 269 Å². The summed E-state index contributed by atoms with van der Waals surface area (Å²) in [6.07, 6.45) is -14.6. The van der Waals surface area contributed by atoms with Crippen LogP contribution >= 0.6 is 0 Å². The number of hydrogen-bond acceptors (Lipinski definition) is 36. The summed E-state index contributed by atoms with van der Waals surface area (Å²) in [5.41, 5.74) is 1.60. The first kappa shape index (κ1) is 93.5. The molecule has 0 aromatic heterocycles. The number of methoxy groups -OCH3 is 4. The maximum Gasteiger partial charge on any atom is 0.202 e. The first-order valence-electron chi connectivity index (χ1n) is 40.1. The Morgan fingerprint density at radius 2 is 0.699 bits per heavy atom. The number of Topliss-reactive ketones (excluding diaryl/α,β-unsaturated/α-hetero) is 3. The van der Waals surface area contributed by atoms with Crippen LogP contribution in [0.25, 0.3) is 0 Å². The van der Waals surface area contributed by atoms with Crippen LogP contribution in [0, 0.1) is 0 Å². The minimum atomic E-state index is -2.24. The average molecular weight is 1720 g/mol. The SMILES string of the molecule is CC.CC.CNC1CC(O[C@H]2C[C@](O)(C(=O)CO)Cc3c(O)c4c(c(O)c32)C(=O)c2c(OC)cccc2C4=O)OC(C)C1O.COCC(=O)[C@]1(O)Cc2c(O)c3c(c(O)c2[C@@H](OC2CC(N)C(O)C(C)O2)C1)C(=O)c1c(OC)cccc1C3=O.COc1cccc2c1C(=O)c1c(O)c3c(c(O)c1C2=O)C[C@@](O)(C(=O)CO)C[C@@H]3OC1CC(N)C(O)C(C)O1. The van der Waals surface area contributed by atoms with E-state index < -0.39 is 281 Å². The first-order chi connectivity index (χ1) is 58.3. The lowest BCUT2D eigenvalue weighted by atomic mass is 9.72. The minimum Gasteiger partial charge on any atom is -0.507 e. The van der Waals surface area contributed by atoms with Gasteiger partial charge in [-0.15, -0.1) is 0 Å². The summed E-state index contributed by atoms with van der Waals surface area (Å²) in [7, 11) is 6.93. The van der Waals surface area contributed by atoms with Gasteiger partial charge in [0.05, 0.1) is 126 Å². The molecule has 0 bridgehead atoms. The molecule has 123 heavy (non-hydrogen) atoms. The zero-order valence-corrected chi connectivity index (χ0v) is 69.5. The highest BCUT2D eigenvalue weighted by atomic mass is 16.7. The monoisotopic (exact) mass is 1720 g/mol. The second-order valence-corrected chi connectivity index (χ2v) is 31.0. The molecule has 0 spiro atoms. The minimum absolute atomic E-state index is 0.0173. The van der Waals surface area contributed by atoms with Gasteiger partial charge >= 0.3 is 0 Å². The molecule has 15 rings (SSSR count). The molecule has 0 saturated carbocycles. The highest BCUT2D eigenvalue weighted by Crippen LogP contribution is 2.57. The van der Waals surface area contributed by atoms with Crippen molar-refractivity contribution in [3.8, 4) is 51.7 Å². The number of nitrogens with one attached hydrogen (secondary N) is 1. The zero-order valence-electron chi connectivity index (χ0n) is 69.5. The van der Waals surface area contributed by atoms with E-state index in [9.17, 15) is 115 Å². The zero-order chi connectivity index (χ0) is 90.6. The lowest BCUT2D eigenvalue weighted by molar-refractivity contribution is -0.249. The molecule has 12 unspecified atom stereocenters. The van der Waals surface area contributed by atoms with E-state index in [2.05, 4.69) is 5.32 Å². The Hall–Kier alpha value is -10.2. The van der Waals surface area contributed by atoms with Crippen LogP contribution in [0.3, 0.4) is 0 Å². The quantitative estimate of drug-likeness (QED) is 0.0583. The number of ketones is 9. The molecule has 0 amide bonds. The first-order valence-corrected chi connectivity index (χ1v) is 40.1. The summed E-state index contributed by atoms with van der Waals surface area (Å²) >= 11 is 0. The molecule has 6 aromatic rings. The van der Waals surface area contributed by atoms with E-state index in [1.165, 1.54) is 83.0 Å². The number of carbonyl (C=O) groups excluding carboxylic acids is 9. The number of phenolic OH excluding ortho intramolecular Hbond substituents is 6. The van der Waals surface area contributed by atoms with Gasteiger partial charge < -0.3 is 136 Å². The summed E-state index contributed by atoms with van der Waals surface area (Å²) in [5, 5.41) is 155. The number of hydrogen-bond donors (Lipinski definition) is 17. The van der Waals surface area contributed by atoms with Gasteiger partial charge in [0.1, 0.15) is 88.4 Å². The fourth-order valence-electron chi connectivity index (χ4n) is 17.6. The lowest BCUT2D eigenvalue weighted by Gasteiger charge is -2.42. The third-order valence-corrected chi connectivity index (χ3v) is 23.9. The topological polar surface area (TPSA) is 593 Å². The van der Waals surface area contributed by atoms with Crippen LogP contribution in [0.4, 0.5) is 0 Å². The van der Waals surface area contributed by atoms with Crippen molar-refractivity contribution < 1.29 is 162 Å². The second-order valence-electron chi connectivity index (χ2n) is 31.0. The number of benzene rings is 6. The fourth-order valence-corrected chi connectivity index (χ4v) is 17.6. The van der Waals surface area contributed by atoms with Crippen LogP contribution < -0.4 is 31.0 Å². The Morgan fingerprint density at radius 1 is 0.423 bits per heavy atom. The Bertz CT molecular complexity index is 5180. The number of phenols is 6. The Morgan fingerprint density at radius 3 is 0.967 bits per heavy atom. The van der Waals surface area contributed by atoms with Gasteiger partial charge in [-0.25, -0.2) is 0 Å². The van der Waals surface area contributed by atoms with Gasteiger partial charge in [-0.1, -0.05) is 64.1 Å². The van der Waals surface area contributed by atoms with Gasteiger partial charge in [0.15, 0.2) is 53.6 Å². The lowest BCUT2D eigenvalue weighted by Crippen LogP contribution is -2.53. The van der Waals surface area contributed by atoms with Crippen molar-refractivity contribution >= 4 is 52.0 Å². The van der Waals surface area contributed by atoms with Crippen molar-refractivity contribution in [3.63, 3.8) is 0 Å². The van der Waals surface area contributed by atoms with E-state index in [4.69, 9.17) is 58.8 Å². The fraction of sp³-hybridized carbons (Fsp3) is 0.483. The summed E-state index contributed by atoms with van der Waals surface area (Å²) in [6.45, 7) is 10.3. The molecule has 3 heterocycles. The highest BCUT2D eigenvalue weighted by Gasteiger charge is 2.55. The van der Waals surface area contributed by atoms with Crippen LogP contribution in [0.15, 0.2) is 54.6 Å². The van der Waals surface area contributed by atoms with Crippen molar-refractivity contribution in [2.75, 3.05) is 55.3 Å². The summed E-state index contributed by atoms with van der Waals surface area (Å²) in [5.74, 6) is -10.8. The molecule has 6 aromatic carbocycles. The molecule has 36 heteroatoms. The predicted octanol–water partition coefficient (Wildman–Crippen LogP) is 2.97. The summed E-state index contributed by atoms with van der Waals surface area (Å²) in [4.78, 5) is 120. The van der Waals surface area contributed by atoms with E-state index in [1.54, 1.807) is 27.8 Å². The van der Waals surface area contributed by atoms with Crippen molar-refractivity contribution in [1.82, 2.24) is 5.32 Å². The van der Waals surface area contributed by atoms with Crippen LogP contribution in [0.5, 0.6) is 51.7 Å². The molecular formula is C87H103N3O33. The van der Waals surface area contributed by atoms with Crippen LogP contribution in [0.2, 0.25) is 0 Å². The molecule has 6 aliphatic carbocycles. The van der Waals surface area contributed by atoms with E-state index in [1.807, 2.05) is 27.7 Å². The van der Waals surface area contributed by atoms with E-state index >= 15 is 0 Å². The van der Waals surface area contributed by atoms with Crippen LogP contribution in [-0.2, 0) is 66.8 Å². The Labute approximate surface area is 704 Å². The van der Waals surface area contributed by atoms with E-state index in [0.717, 1.165) is 0 Å². The maximum atomic E-state index is 13.7. The number of aliphatic hydroxyl groups is 8. The number of carbonyl (C=O) groups is 9. The number of aliphatic hydroxyl groups excluding tert-OH is 5. The largest absolute Gasteiger partial charge is 0.507 e.